The Bertz CT molecular complexity index is 617. The predicted molar refractivity (Wildman–Crippen MR) is 86.1 cm³/mol. The van der Waals surface area contributed by atoms with Crippen LogP contribution in [0.5, 0.6) is 0 Å². The Morgan fingerprint density at radius 2 is 2.14 bits per heavy atom. The van der Waals surface area contributed by atoms with Gasteiger partial charge in [-0.05, 0) is 44.0 Å². The molecule has 0 aliphatic carbocycles. The first-order valence-electron chi connectivity index (χ1n) is 7.39. The van der Waals surface area contributed by atoms with Crippen LogP contribution in [0.3, 0.4) is 0 Å². The van der Waals surface area contributed by atoms with E-state index in [4.69, 9.17) is 4.52 Å². The van der Waals surface area contributed by atoms with E-state index in [2.05, 4.69) is 45.2 Å². The number of piperidine rings is 1. The van der Waals surface area contributed by atoms with Gasteiger partial charge in [0.1, 0.15) is 0 Å². The molecule has 1 aromatic carbocycles. The van der Waals surface area contributed by atoms with Crippen molar-refractivity contribution in [1.29, 1.82) is 0 Å². The van der Waals surface area contributed by atoms with Gasteiger partial charge in [0.25, 0.3) is 0 Å². The van der Waals surface area contributed by atoms with Gasteiger partial charge in [-0.15, -0.1) is 0 Å². The van der Waals surface area contributed by atoms with Crippen LogP contribution in [0.4, 0.5) is 0 Å². The van der Waals surface area contributed by atoms with Gasteiger partial charge < -0.3 is 9.84 Å². The van der Waals surface area contributed by atoms with Crippen molar-refractivity contribution in [2.24, 2.45) is 5.92 Å². The van der Waals surface area contributed by atoms with Crippen LogP contribution in [0.15, 0.2) is 33.3 Å². The number of hydrogen-bond acceptors (Lipinski definition) is 4. The average molecular weight is 350 g/mol. The van der Waals surface area contributed by atoms with Crippen LogP contribution in [-0.4, -0.2) is 23.2 Å². The highest BCUT2D eigenvalue weighted by molar-refractivity contribution is 9.10. The lowest BCUT2D eigenvalue weighted by atomic mass is 9.75. The number of aromatic nitrogens is 2. The van der Waals surface area contributed by atoms with Crippen molar-refractivity contribution in [2.75, 3.05) is 13.1 Å². The third-order valence-corrected chi connectivity index (χ3v) is 5.10. The molecule has 3 rings (SSSR count). The maximum Gasteiger partial charge on any atom is 0.232 e. The molecule has 1 aliphatic rings. The van der Waals surface area contributed by atoms with Crippen molar-refractivity contribution in [1.82, 2.24) is 15.5 Å². The minimum atomic E-state index is -0.111. The summed E-state index contributed by atoms with van der Waals surface area (Å²) in [6.45, 7) is 6.52. The van der Waals surface area contributed by atoms with Crippen LogP contribution in [-0.2, 0) is 5.41 Å². The Labute approximate surface area is 133 Å². The van der Waals surface area contributed by atoms with E-state index in [-0.39, 0.29) is 5.41 Å². The van der Waals surface area contributed by atoms with Crippen molar-refractivity contribution < 1.29 is 4.52 Å². The van der Waals surface area contributed by atoms with Crippen molar-refractivity contribution in [3.05, 3.63) is 34.6 Å². The minimum Gasteiger partial charge on any atom is -0.338 e. The van der Waals surface area contributed by atoms with E-state index in [1.165, 1.54) is 12.8 Å². The number of benzene rings is 1. The van der Waals surface area contributed by atoms with E-state index < -0.39 is 0 Å². The normalized spacial score (nSPS) is 19.7. The van der Waals surface area contributed by atoms with Crippen molar-refractivity contribution in [3.63, 3.8) is 0 Å². The van der Waals surface area contributed by atoms with Gasteiger partial charge in [-0.1, -0.05) is 47.1 Å². The average Bonchev–Trinajstić information content (AvgIpc) is 2.99. The van der Waals surface area contributed by atoms with Crippen molar-refractivity contribution >= 4 is 15.9 Å². The molecule has 1 aliphatic heterocycles. The van der Waals surface area contributed by atoms with E-state index in [9.17, 15) is 0 Å². The summed E-state index contributed by atoms with van der Waals surface area (Å²) < 4.78 is 6.56. The van der Waals surface area contributed by atoms with Gasteiger partial charge in [0.15, 0.2) is 0 Å². The zero-order valence-electron chi connectivity index (χ0n) is 12.4. The summed E-state index contributed by atoms with van der Waals surface area (Å²) in [5, 5.41) is 7.63. The number of rotatable bonds is 3. The molecular weight excluding hydrogens is 330 g/mol. The highest BCUT2D eigenvalue weighted by Gasteiger charge is 2.37. The standard InChI is InChI=1S/C16H20BrN3O/c1-16(2,11-6-5-9-18-10-11)15-19-14(20-21-15)12-7-3-4-8-13(12)17/h3-4,7-8,11,18H,5-6,9-10H2,1-2H3. The largest absolute Gasteiger partial charge is 0.338 e. The van der Waals surface area contributed by atoms with Crippen LogP contribution in [0.25, 0.3) is 11.4 Å². The van der Waals surface area contributed by atoms with E-state index in [0.29, 0.717) is 11.7 Å². The summed E-state index contributed by atoms with van der Waals surface area (Å²) >= 11 is 3.54. The Hall–Kier alpha value is -1.20. The number of halogens is 1. The molecule has 112 valence electrons. The highest BCUT2D eigenvalue weighted by Crippen LogP contribution is 2.36. The van der Waals surface area contributed by atoms with Gasteiger partial charge in [-0.3, -0.25) is 0 Å². The lowest BCUT2D eigenvalue weighted by Crippen LogP contribution is -2.40. The summed E-state index contributed by atoms with van der Waals surface area (Å²) in [7, 11) is 0. The zero-order valence-corrected chi connectivity index (χ0v) is 14.0. The first kappa shape index (κ1) is 14.7. The molecule has 0 spiro atoms. The lowest BCUT2D eigenvalue weighted by Gasteiger charge is -2.34. The molecule has 1 fully saturated rings. The molecular formula is C16H20BrN3O. The van der Waals surface area contributed by atoms with E-state index in [1.54, 1.807) is 0 Å². The van der Waals surface area contributed by atoms with Gasteiger partial charge in [0.2, 0.25) is 11.7 Å². The molecule has 1 aromatic heterocycles. The highest BCUT2D eigenvalue weighted by atomic mass is 79.9. The molecule has 4 nitrogen and oxygen atoms in total. The molecule has 1 N–H and O–H groups in total. The predicted octanol–water partition coefficient (Wildman–Crippen LogP) is 3.78. The molecule has 5 heteroatoms. The zero-order chi connectivity index (χ0) is 14.9. The number of hydrogen-bond donors (Lipinski definition) is 1. The molecule has 0 amide bonds. The minimum absolute atomic E-state index is 0.111. The fourth-order valence-corrected chi connectivity index (χ4v) is 3.34. The van der Waals surface area contributed by atoms with Crippen molar-refractivity contribution in [2.45, 2.75) is 32.1 Å². The Morgan fingerprint density at radius 3 is 2.86 bits per heavy atom. The maximum atomic E-state index is 5.58. The summed E-state index contributed by atoms with van der Waals surface area (Å²) in [5.41, 5.74) is 0.852. The first-order valence-corrected chi connectivity index (χ1v) is 8.18. The van der Waals surface area contributed by atoms with Gasteiger partial charge in [0.05, 0.1) is 0 Å². The topological polar surface area (TPSA) is 51.0 Å². The number of nitrogens with zero attached hydrogens (tertiary/aromatic N) is 2. The van der Waals surface area contributed by atoms with E-state index in [1.807, 2.05) is 24.3 Å². The second kappa shape index (κ2) is 5.89. The third kappa shape index (κ3) is 2.90. The van der Waals surface area contributed by atoms with Gasteiger partial charge >= 0.3 is 0 Å². The first-order chi connectivity index (χ1) is 10.1. The van der Waals surface area contributed by atoms with Crippen LogP contribution in [0, 0.1) is 5.92 Å². The Kier molecular flexibility index (Phi) is 4.13. The third-order valence-electron chi connectivity index (χ3n) is 4.41. The fraction of sp³-hybridized carbons (Fsp3) is 0.500. The monoisotopic (exact) mass is 349 g/mol. The molecule has 1 saturated heterocycles. The summed E-state index contributed by atoms with van der Waals surface area (Å²) in [4.78, 5) is 4.65. The van der Waals surface area contributed by atoms with E-state index in [0.717, 1.165) is 29.0 Å². The number of nitrogens with one attached hydrogen (secondary N) is 1. The van der Waals surface area contributed by atoms with Gasteiger partial charge in [-0.25, -0.2) is 0 Å². The maximum absolute atomic E-state index is 5.58. The molecule has 0 radical (unpaired) electrons. The summed E-state index contributed by atoms with van der Waals surface area (Å²) in [6, 6.07) is 7.94. The summed E-state index contributed by atoms with van der Waals surface area (Å²) in [5.74, 6) is 1.90. The van der Waals surface area contributed by atoms with Crippen LogP contribution >= 0.6 is 15.9 Å². The van der Waals surface area contributed by atoms with Crippen molar-refractivity contribution in [3.8, 4) is 11.4 Å². The molecule has 0 saturated carbocycles. The fourth-order valence-electron chi connectivity index (χ4n) is 2.88. The SMILES string of the molecule is CC(C)(c1nc(-c2ccccc2Br)no1)C1CCCNC1. The smallest absolute Gasteiger partial charge is 0.232 e. The van der Waals surface area contributed by atoms with Gasteiger partial charge in [0, 0.05) is 15.5 Å². The van der Waals surface area contributed by atoms with E-state index >= 15 is 0 Å². The van der Waals surface area contributed by atoms with Gasteiger partial charge in [-0.2, -0.15) is 4.98 Å². The van der Waals surface area contributed by atoms with Crippen LogP contribution in [0.2, 0.25) is 0 Å². The molecule has 2 heterocycles. The molecule has 0 bridgehead atoms. The van der Waals surface area contributed by atoms with Crippen LogP contribution in [0.1, 0.15) is 32.6 Å². The lowest BCUT2D eigenvalue weighted by molar-refractivity contribution is 0.196. The second-order valence-corrected chi connectivity index (χ2v) is 7.02. The quantitative estimate of drug-likeness (QED) is 0.915. The molecule has 1 atom stereocenters. The summed E-state index contributed by atoms with van der Waals surface area (Å²) in [6.07, 6.45) is 2.41. The molecule has 21 heavy (non-hydrogen) atoms. The Morgan fingerprint density at radius 1 is 1.33 bits per heavy atom. The second-order valence-electron chi connectivity index (χ2n) is 6.17. The molecule has 2 aromatic rings. The van der Waals surface area contributed by atoms with Crippen LogP contribution < -0.4 is 5.32 Å². The molecule has 1 unspecified atom stereocenters. The Balaban J connectivity index is 1.89.